The van der Waals surface area contributed by atoms with Gasteiger partial charge in [0.1, 0.15) is 0 Å². The van der Waals surface area contributed by atoms with Gasteiger partial charge >= 0.3 is 0 Å². The molecule has 1 unspecified atom stereocenters. The fourth-order valence-corrected chi connectivity index (χ4v) is 3.02. The maximum atomic E-state index is 12.4. The zero-order valence-corrected chi connectivity index (χ0v) is 14.4. The first-order valence-corrected chi connectivity index (χ1v) is 8.48. The molecule has 2 amide bonds. The van der Waals surface area contributed by atoms with Crippen LogP contribution in [0.15, 0.2) is 24.3 Å². The van der Waals surface area contributed by atoms with Crippen LogP contribution < -0.4 is 10.6 Å². The summed E-state index contributed by atoms with van der Waals surface area (Å²) in [6.07, 6.45) is 1.57. The molecular formula is C17H24ClN3O2. The molecule has 1 aromatic carbocycles. The predicted octanol–water partition coefficient (Wildman–Crippen LogP) is 2.52. The highest BCUT2D eigenvalue weighted by molar-refractivity contribution is 6.33. The molecule has 126 valence electrons. The maximum absolute atomic E-state index is 12.4. The molecule has 1 saturated heterocycles. The van der Waals surface area contributed by atoms with E-state index in [0.29, 0.717) is 17.3 Å². The molecule has 2 N–H and O–H groups in total. The van der Waals surface area contributed by atoms with Crippen LogP contribution in [0, 0.1) is 5.92 Å². The van der Waals surface area contributed by atoms with E-state index in [1.807, 2.05) is 26.0 Å². The number of hydrogen-bond acceptors (Lipinski definition) is 3. The summed E-state index contributed by atoms with van der Waals surface area (Å²) in [5, 5.41) is 6.27. The van der Waals surface area contributed by atoms with E-state index >= 15 is 0 Å². The molecule has 0 bridgehead atoms. The van der Waals surface area contributed by atoms with E-state index in [1.54, 1.807) is 12.1 Å². The second-order valence-electron chi connectivity index (χ2n) is 5.85. The lowest BCUT2D eigenvalue weighted by Crippen LogP contribution is -2.48. The summed E-state index contributed by atoms with van der Waals surface area (Å²) >= 11 is 6.07. The topological polar surface area (TPSA) is 61.4 Å². The third-order valence-corrected chi connectivity index (χ3v) is 4.64. The number of carbonyl (C=O) groups is 2. The lowest BCUT2D eigenvalue weighted by Gasteiger charge is -2.34. The van der Waals surface area contributed by atoms with Crippen LogP contribution in [0.4, 0.5) is 5.69 Å². The van der Waals surface area contributed by atoms with Gasteiger partial charge in [0, 0.05) is 12.5 Å². The van der Waals surface area contributed by atoms with Crippen LogP contribution in [0.25, 0.3) is 0 Å². The number of benzene rings is 1. The minimum Gasteiger partial charge on any atom is -0.356 e. The summed E-state index contributed by atoms with van der Waals surface area (Å²) in [5.41, 5.74) is 0.628. The molecule has 0 saturated carbocycles. The highest BCUT2D eigenvalue weighted by Gasteiger charge is 2.29. The third kappa shape index (κ3) is 4.69. The van der Waals surface area contributed by atoms with E-state index in [9.17, 15) is 9.59 Å². The molecule has 2 rings (SSSR count). The fourth-order valence-electron chi connectivity index (χ4n) is 2.83. The van der Waals surface area contributed by atoms with Gasteiger partial charge in [-0.15, -0.1) is 0 Å². The summed E-state index contributed by atoms with van der Waals surface area (Å²) in [7, 11) is 0. The van der Waals surface area contributed by atoms with Crippen molar-refractivity contribution in [3.63, 3.8) is 0 Å². The molecule has 0 spiro atoms. The van der Waals surface area contributed by atoms with Gasteiger partial charge in [0.25, 0.3) is 0 Å². The lowest BCUT2D eigenvalue weighted by atomic mass is 9.95. The second-order valence-corrected chi connectivity index (χ2v) is 6.26. The second kappa shape index (κ2) is 8.31. The Morgan fingerprint density at radius 3 is 2.57 bits per heavy atom. The summed E-state index contributed by atoms with van der Waals surface area (Å²) in [5.74, 6) is 0.111. The molecule has 23 heavy (non-hydrogen) atoms. The van der Waals surface area contributed by atoms with Crippen LogP contribution >= 0.6 is 11.6 Å². The van der Waals surface area contributed by atoms with E-state index in [0.717, 1.165) is 25.9 Å². The highest BCUT2D eigenvalue weighted by atomic mass is 35.5. The molecule has 1 aromatic rings. The Morgan fingerprint density at radius 1 is 1.30 bits per heavy atom. The van der Waals surface area contributed by atoms with Gasteiger partial charge in [0.05, 0.1) is 16.8 Å². The van der Waals surface area contributed by atoms with Crippen LogP contribution in [0.2, 0.25) is 5.02 Å². The van der Waals surface area contributed by atoms with E-state index in [4.69, 9.17) is 11.6 Å². The molecule has 1 aliphatic heterocycles. The smallest absolute Gasteiger partial charge is 0.241 e. The van der Waals surface area contributed by atoms with Crippen molar-refractivity contribution in [1.29, 1.82) is 0 Å². The molecule has 1 atom stereocenters. The SMILES string of the molecule is CCNC(=O)C1CCN(C(C)C(=O)Nc2ccccc2Cl)CC1. The quantitative estimate of drug-likeness (QED) is 0.868. The van der Waals surface area contributed by atoms with Gasteiger partial charge in [-0.1, -0.05) is 23.7 Å². The third-order valence-electron chi connectivity index (χ3n) is 4.31. The monoisotopic (exact) mass is 337 g/mol. The van der Waals surface area contributed by atoms with E-state index < -0.39 is 0 Å². The molecule has 6 heteroatoms. The summed E-state index contributed by atoms with van der Waals surface area (Å²) < 4.78 is 0. The predicted molar refractivity (Wildman–Crippen MR) is 92.5 cm³/mol. The molecule has 1 heterocycles. The first kappa shape index (κ1) is 17.8. The number of para-hydroxylation sites is 1. The Balaban J connectivity index is 1.87. The highest BCUT2D eigenvalue weighted by Crippen LogP contribution is 2.23. The lowest BCUT2D eigenvalue weighted by molar-refractivity contribution is -0.127. The normalized spacial score (nSPS) is 17.5. The first-order chi connectivity index (χ1) is 11.0. The number of likely N-dealkylation sites (tertiary alicyclic amines) is 1. The van der Waals surface area contributed by atoms with Gasteiger partial charge in [-0.05, 0) is 51.9 Å². The number of hydrogen-bond donors (Lipinski definition) is 2. The molecule has 1 fully saturated rings. The average Bonchev–Trinajstić information content (AvgIpc) is 2.56. The average molecular weight is 338 g/mol. The van der Waals surface area contributed by atoms with Crippen LogP contribution in [-0.2, 0) is 9.59 Å². The molecular weight excluding hydrogens is 314 g/mol. The summed E-state index contributed by atoms with van der Waals surface area (Å²) in [6.45, 7) is 5.97. The van der Waals surface area contributed by atoms with Crippen molar-refractivity contribution < 1.29 is 9.59 Å². The zero-order valence-electron chi connectivity index (χ0n) is 13.6. The van der Waals surface area contributed by atoms with E-state index in [-0.39, 0.29) is 23.8 Å². The zero-order chi connectivity index (χ0) is 16.8. The summed E-state index contributed by atoms with van der Waals surface area (Å²) in [4.78, 5) is 26.4. The van der Waals surface area contributed by atoms with E-state index in [1.165, 1.54) is 0 Å². The molecule has 0 radical (unpaired) electrons. The molecule has 0 aliphatic carbocycles. The summed E-state index contributed by atoms with van der Waals surface area (Å²) in [6, 6.07) is 6.95. The number of piperidine rings is 1. The fraction of sp³-hybridized carbons (Fsp3) is 0.529. The Hall–Kier alpha value is -1.59. The van der Waals surface area contributed by atoms with Gasteiger partial charge in [-0.2, -0.15) is 0 Å². The molecule has 5 nitrogen and oxygen atoms in total. The van der Waals surface area contributed by atoms with Crippen molar-refractivity contribution in [2.45, 2.75) is 32.7 Å². The van der Waals surface area contributed by atoms with Crippen molar-refractivity contribution in [2.24, 2.45) is 5.92 Å². The number of anilines is 1. The van der Waals surface area contributed by atoms with Crippen LogP contribution in [0.3, 0.4) is 0 Å². The van der Waals surface area contributed by atoms with Gasteiger partial charge in [-0.3, -0.25) is 14.5 Å². The van der Waals surface area contributed by atoms with Crippen LogP contribution in [-0.4, -0.2) is 42.4 Å². The minimum absolute atomic E-state index is 0.0602. The van der Waals surface area contributed by atoms with E-state index in [2.05, 4.69) is 15.5 Å². The Labute approximate surface area is 142 Å². The van der Waals surface area contributed by atoms with Crippen LogP contribution in [0.1, 0.15) is 26.7 Å². The first-order valence-electron chi connectivity index (χ1n) is 8.10. The van der Waals surface area contributed by atoms with Crippen molar-refractivity contribution in [2.75, 3.05) is 25.0 Å². The van der Waals surface area contributed by atoms with Gasteiger partial charge in [0.15, 0.2) is 0 Å². The van der Waals surface area contributed by atoms with Gasteiger partial charge in [-0.25, -0.2) is 0 Å². The molecule has 0 aromatic heterocycles. The van der Waals surface area contributed by atoms with Crippen LogP contribution in [0.5, 0.6) is 0 Å². The Kier molecular flexibility index (Phi) is 6.42. The standard InChI is InChI=1S/C17H24ClN3O2/c1-3-19-17(23)13-8-10-21(11-9-13)12(2)16(22)20-15-7-5-4-6-14(15)18/h4-7,12-13H,3,8-11H2,1-2H3,(H,19,23)(H,20,22). The van der Waals surface area contributed by atoms with Gasteiger partial charge < -0.3 is 10.6 Å². The molecule has 1 aliphatic rings. The Morgan fingerprint density at radius 2 is 1.96 bits per heavy atom. The largest absolute Gasteiger partial charge is 0.356 e. The number of carbonyl (C=O) groups excluding carboxylic acids is 2. The van der Waals surface area contributed by atoms with Crippen molar-refractivity contribution in [3.8, 4) is 0 Å². The van der Waals surface area contributed by atoms with Crippen molar-refractivity contribution in [3.05, 3.63) is 29.3 Å². The number of halogens is 1. The van der Waals surface area contributed by atoms with Crippen molar-refractivity contribution >= 4 is 29.1 Å². The number of rotatable bonds is 5. The van der Waals surface area contributed by atoms with Gasteiger partial charge in [0.2, 0.25) is 11.8 Å². The number of nitrogens with one attached hydrogen (secondary N) is 2. The maximum Gasteiger partial charge on any atom is 0.241 e. The van der Waals surface area contributed by atoms with Crippen molar-refractivity contribution in [1.82, 2.24) is 10.2 Å². The number of nitrogens with zero attached hydrogens (tertiary/aromatic N) is 1. The number of amides is 2. The minimum atomic E-state index is -0.249. The Bertz CT molecular complexity index is 557.